The van der Waals surface area contributed by atoms with Crippen LogP contribution in [0.15, 0.2) is 45.8 Å². The van der Waals surface area contributed by atoms with Gasteiger partial charge in [-0.05, 0) is 18.2 Å². The molecule has 1 aromatic carbocycles. The Kier molecular flexibility index (Phi) is 1.52. The lowest BCUT2D eigenvalue weighted by Gasteiger charge is -2.08. The number of hydrogen-bond donors (Lipinski definition) is 0. The van der Waals surface area contributed by atoms with E-state index in [4.69, 9.17) is 13.9 Å². The Balaban J connectivity index is 2.12. The van der Waals surface area contributed by atoms with E-state index in [-0.39, 0.29) is 11.5 Å². The second kappa shape index (κ2) is 2.91. The molecular formula is C13H8O4. The predicted molar refractivity (Wildman–Crippen MR) is 59.9 cm³/mol. The molecule has 0 fully saturated rings. The maximum Gasteiger partial charge on any atom is 0.344 e. The molecule has 0 aliphatic carbocycles. The summed E-state index contributed by atoms with van der Waals surface area (Å²) in [5, 5.41) is 0.813. The minimum Gasteiger partial charge on any atom is -0.462 e. The van der Waals surface area contributed by atoms with E-state index in [0.717, 1.165) is 5.39 Å². The van der Waals surface area contributed by atoms with Gasteiger partial charge in [-0.15, -0.1) is 0 Å². The van der Waals surface area contributed by atoms with E-state index in [1.54, 1.807) is 12.3 Å². The van der Waals surface area contributed by atoms with Crippen LogP contribution in [0.3, 0.4) is 0 Å². The van der Waals surface area contributed by atoms with Crippen LogP contribution in [-0.4, -0.2) is 6.29 Å². The van der Waals surface area contributed by atoms with Crippen LogP contribution in [0.2, 0.25) is 0 Å². The summed E-state index contributed by atoms with van der Waals surface area (Å²) in [6.45, 7) is 0. The third kappa shape index (κ3) is 1.04. The first kappa shape index (κ1) is 8.87. The number of fused-ring (bicyclic) bond motifs is 5. The lowest BCUT2D eigenvalue weighted by atomic mass is 10.0. The number of ether oxygens (including phenoxy) is 2. The molecule has 2 atom stereocenters. The van der Waals surface area contributed by atoms with Gasteiger partial charge in [0.1, 0.15) is 11.3 Å². The van der Waals surface area contributed by atoms with Crippen molar-refractivity contribution in [3.8, 4) is 5.75 Å². The third-order valence-corrected chi connectivity index (χ3v) is 3.16. The molecule has 1 aromatic heterocycles. The molecule has 0 saturated carbocycles. The Morgan fingerprint density at radius 3 is 3.00 bits per heavy atom. The average Bonchev–Trinajstić information content (AvgIpc) is 2.88. The first-order valence-electron chi connectivity index (χ1n) is 5.39. The number of hydrogen-bond acceptors (Lipinski definition) is 4. The van der Waals surface area contributed by atoms with Gasteiger partial charge in [-0.3, -0.25) is 0 Å². The van der Waals surface area contributed by atoms with Crippen LogP contribution in [0.5, 0.6) is 5.75 Å². The van der Waals surface area contributed by atoms with E-state index in [2.05, 4.69) is 0 Å². The fraction of sp³-hybridized carbons (Fsp3) is 0.154. The van der Waals surface area contributed by atoms with Crippen molar-refractivity contribution >= 4 is 11.0 Å². The topological polar surface area (TPSA) is 48.7 Å². The van der Waals surface area contributed by atoms with E-state index in [1.807, 2.05) is 24.3 Å². The Labute approximate surface area is 96.1 Å². The second-order valence-electron chi connectivity index (χ2n) is 4.11. The standard InChI is InChI=1S/C13H8O4/c14-12-10-8-5-6-15-13(8)17-11(10)7-3-1-2-4-9(7)16-12/h1-6,8,13H/t8-,13+/m0/s1. The molecule has 0 spiro atoms. The molecule has 84 valence electrons. The third-order valence-electron chi connectivity index (χ3n) is 3.16. The van der Waals surface area contributed by atoms with Crippen molar-refractivity contribution in [1.82, 2.24) is 0 Å². The zero-order chi connectivity index (χ0) is 11.4. The fourth-order valence-electron chi connectivity index (χ4n) is 2.38. The van der Waals surface area contributed by atoms with Gasteiger partial charge in [0.05, 0.1) is 23.1 Å². The fourth-order valence-corrected chi connectivity index (χ4v) is 2.38. The smallest absolute Gasteiger partial charge is 0.344 e. The summed E-state index contributed by atoms with van der Waals surface area (Å²) >= 11 is 0. The van der Waals surface area contributed by atoms with Gasteiger partial charge in [0, 0.05) is 0 Å². The maximum atomic E-state index is 11.9. The van der Waals surface area contributed by atoms with Crippen molar-refractivity contribution in [2.45, 2.75) is 12.2 Å². The van der Waals surface area contributed by atoms with Gasteiger partial charge in [-0.25, -0.2) is 4.79 Å². The van der Waals surface area contributed by atoms with Crippen LogP contribution >= 0.6 is 0 Å². The zero-order valence-corrected chi connectivity index (χ0v) is 8.75. The number of para-hydroxylation sites is 1. The minimum atomic E-state index is -0.418. The van der Waals surface area contributed by atoms with Crippen molar-refractivity contribution < 1.29 is 13.9 Å². The molecule has 4 rings (SSSR count). The molecule has 0 amide bonds. The molecule has 3 heterocycles. The Bertz CT molecular complexity index is 698. The van der Waals surface area contributed by atoms with E-state index >= 15 is 0 Å². The van der Waals surface area contributed by atoms with Crippen LogP contribution in [0.25, 0.3) is 11.0 Å². The molecule has 4 nitrogen and oxygen atoms in total. The SMILES string of the molecule is O=c1oc2ccccc2c2c1[C@@H]1C=CO[C@@H]1O2. The van der Waals surface area contributed by atoms with Crippen molar-refractivity contribution in [2.75, 3.05) is 0 Å². The number of rotatable bonds is 0. The highest BCUT2D eigenvalue weighted by atomic mass is 16.7. The van der Waals surface area contributed by atoms with Gasteiger partial charge >= 0.3 is 5.63 Å². The monoisotopic (exact) mass is 228 g/mol. The summed E-state index contributed by atoms with van der Waals surface area (Å²) in [4.78, 5) is 11.9. The van der Waals surface area contributed by atoms with Crippen LogP contribution < -0.4 is 10.4 Å². The zero-order valence-electron chi connectivity index (χ0n) is 8.75. The quantitative estimate of drug-likeness (QED) is 0.648. The molecule has 2 aliphatic heterocycles. The molecular weight excluding hydrogens is 220 g/mol. The Hall–Kier alpha value is -2.23. The van der Waals surface area contributed by atoms with Crippen LogP contribution in [0.1, 0.15) is 11.5 Å². The van der Waals surface area contributed by atoms with Gasteiger partial charge in [0.2, 0.25) is 0 Å². The Morgan fingerprint density at radius 1 is 1.18 bits per heavy atom. The summed E-state index contributed by atoms with van der Waals surface area (Å²) in [5.74, 6) is 0.446. The lowest BCUT2D eigenvalue weighted by molar-refractivity contribution is -0.00398. The summed E-state index contributed by atoms with van der Waals surface area (Å²) in [5.41, 5.74) is 0.754. The second-order valence-corrected chi connectivity index (χ2v) is 4.11. The molecule has 0 radical (unpaired) electrons. The molecule has 0 saturated heterocycles. The first-order chi connectivity index (χ1) is 8.34. The summed E-state index contributed by atoms with van der Waals surface area (Å²) in [7, 11) is 0. The van der Waals surface area contributed by atoms with Gasteiger partial charge < -0.3 is 13.9 Å². The van der Waals surface area contributed by atoms with Crippen molar-refractivity contribution in [3.05, 3.63) is 52.6 Å². The van der Waals surface area contributed by atoms with Gasteiger partial charge in [0.15, 0.2) is 0 Å². The molecule has 0 unspecified atom stereocenters. The van der Waals surface area contributed by atoms with Crippen molar-refractivity contribution in [2.24, 2.45) is 0 Å². The highest BCUT2D eigenvalue weighted by Gasteiger charge is 2.41. The first-order valence-corrected chi connectivity index (χ1v) is 5.39. The van der Waals surface area contributed by atoms with Gasteiger partial charge in [-0.2, -0.15) is 0 Å². The van der Waals surface area contributed by atoms with Crippen LogP contribution in [0.4, 0.5) is 0 Å². The van der Waals surface area contributed by atoms with Gasteiger partial charge in [-0.1, -0.05) is 12.1 Å². The summed E-state index contributed by atoms with van der Waals surface area (Å²) < 4.78 is 16.2. The van der Waals surface area contributed by atoms with Gasteiger partial charge in [0.25, 0.3) is 6.29 Å². The normalized spacial score (nSPS) is 24.2. The largest absolute Gasteiger partial charge is 0.462 e. The van der Waals surface area contributed by atoms with E-state index in [9.17, 15) is 4.79 Å². The highest BCUT2D eigenvalue weighted by molar-refractivity contribution is 5.85. The minimum absolute atomic E-state index is 0.147. The predicted octanol–water partition coefficient (Wildman–Crippen LogP) is 2.14. The van der Waals surface area contributed by atoms with E-state index in [1.165, 1.54) is 0 Å². The van der Waals surface area contributed by atoms with Crippen molar-refractivity contribution in [1.29, 1.82) is 0 Å². The summed E-state index contributed by atoms with van der Waals surface area (Å²) in [6, 6.07) is 7.34. The lowest BCUT2D eigenvalue weighted by Crippen LogP contribution is -2.16. The highest BCUT2D eigenvalue weighted by Crippen LogP contribution is 2.43. The van der Waals surface area contributed by atoms with Crippen molar-refractivity contribution in [3.63, 3.8) is 0 Å². The maximum absolute atomic E-state index is 11.9. The molecule has 2 aliphatic rings. The Morgan fingerprint density at radius 2 is 2.06 bits per heavy atom. The summed E-state index contributed by atoms with van der Waals surface area (Å²) in [6.07, 6.45) is 2.97. The van der Waals surface area contributed by atoms with Crippen LogP contribution in [0, 0.1) is 0 Å². The molecule has 0 bridgehead atoms. The molecule has 0 N–H and O–H groups in total. The van der Waals surface area contributed by atoms with E-state index < -0.39 is 6.29 Å². The average molecular weight is 228 g/mol. The van der Waals surface area contributed by atoms with E-state index in [0.29, 0.717) is 16.9 Å². The molecule has 2 aromatic rings. The number of benzene rings is 1. The molecule has 17 heavy (non-hydrogen) atoms. The molecule has 4 heteroatoms. The van der Waals surface area contributed by atoms with Crippen LogP contribution in [-0.2, 0) is 4.74 Å².